The highest BCUT2D eigenvalue weighted by Crippen LogP contribution is 2.26. The molecule has 0 radical (unpaired) electrons. The molecule has 0 saturated carbocycles. The summed E-state index contributed by atoms with van der Waals surface area (Å²) in [5.41, 5.74) is -2.14. The lowest BCUT2D eigenvalue weighted by molar-refractivity contribution is -0.663. The molecule has 0 N–H and O–H groups in total. The van der Waals surface area contributed by atoms with Crippen molar-refractivity contribution in [2.75, 3.05) is 0 Å². The summed E-state index contributed by atoms with van der Waals surface area (Å²) < 4.78 is 139. The van der Waals surface area contributed by atoms with Gasteiger partial charge in [-0.05, 0) is 12.1 Å². The minimum absolute atomic E-state index is 0.116. The number of benzene rings is 3. The van der Waals surface area contributed by atoms with E-state index in [-0.39, 0.29) is 11.0 Å². The smallest absolute Gasteiger partial charge is 0.225 e. The van der Waals surface area contributed by atoms with Gasteiger partial charge in [-0.1, -0.05) is 12.1 Å². The fraction of sp³-hybridized carbons (Fsp3) is 0.0952. The zero-order valence-corrected chi connectivity index (χ0v) is 16.0. The highest BCUT2D eigenvalue weighted by Gasteiger charge is 2.30. The average molecular weight is 479 g/mol. The SMILES string of the molecule is Fc1c(F)c(F)c(Cn2c[n+](Cc3c(F)c(F)c(F)c(F)c3F)c3ccccc32)c(F)c1F. The zero-order valence-electron chi connectivity index (χ0n) is 16.0. The Morgan fingerprint density at radius 3 is 1.48 bits per heavy atom. The maximum atomic E-state index is 14.1. The van der Waals surface area contributed by atoms with Gasteiger partial charge in [-0.25, -0.2) is 53.0 Å². The Kier molecular flexibility index (Phi) is 5.54. The molecular weight excluding hydrogens is 470 g/mol. The Bertz CT molecular complexity index is 1260. The fourth-order valence-corrected chi connectivity index (χ4v) is 3.41. The summed E-state index contributed by atoms with van der Waals surface area (Å²) in [6.45, 7) is -1.78. The topological polar surface area (TPSA) is 8.81 Å². The highest BCUT2D eigenvalue weighted by molar-refractivity contribution is 5.71. The van der Waals surface area contributed by atoms with Gasteiger partial charge >= 0.3 is 0 Å². The molecular formula is C21H9F10N2+. The second kappa shape index (κ2) is 8.09. The van der Waals surface area contributed by atoms with Crippen molar-refractivity contribution in [2.24, 2.45) is 0 Å². The van der Waals surface area contributed by atoms with Crippen LogP contribution < -0.4 is 4.57 Å². The predicted octanol–water partition coefficient (Wildman–Crippen LogP) is 5.42. The number of rotatable bonds is 4. The molecule has 3 aromatic carbocycles. The Hall–Kier alpha value is -3.57. The van der Waals surface area contributed by atoms with Crippen molar-refractivity contribution in [3.05, 3.63) is 99.9 Å². The zero-order chi connectivity index (χ0) is 24.2. The number of aromatic nitrogens is 2. The number of halogens is 10. The molecule has 4 rings (SSSR count). The van der Waals surface area contributed by atoms with Crippen molar-refractivity contribution >= 4 is 11.0 Å². The van der Waals surface area contributed by atoms with Crippen molar-refractivity contribution in [3.8, 4) is 0 Å². The van der Waals surface area contributed by atoms with Gasteiger partial charge in [0.05, 0.1) is 11.1 Å². The number of hydrogen-bond acceptors (Lipinski definition) is 0. The molecule has 0 bridgehead atoms. The summed E-state index contributed by atoms with van der Waals surface area (Å²) in [6, 6.07) is 5.60. The van der Waals surface area contributed by atoms with E-state index in [4.69, 9.17) is 0 Å². The van der Waals surface area contributed by atoms with E-state index in [0.717, 1.165) is 15.5 Å². The van der Waals surface area contributed by atoms with E-state index in [1.165, 1.54) is 24.3 Å². The van der Waals surface area contributed by atoms with Gasteiger partial charge in [-0.15, -0.1) is 0 Å². The molecule has 0 unspecified atom stereocenters. The van der Waals surface area contributed by atoms with E-state index in [1.807, 2.05) is 0 Å². The first kappa shape index (κ1) is 22.6. The third-order valence-corrected chi connectivity index (χ3v) is 5.04. The number of hydrogen-bond donors (Lipinski definition) is 0. The third kappa shape index (κ3) is 3.49. The summed E-state index contributed by atoms with van der Waals surface area (Å²) in [5.74, 6) is -21.6. The lowest BCUT2D eigenvalue weighted by atomic mass is 10.1. The van der Waals surface area contributed by atoms with Crippen LogP contribution in [0.3, 0.4) is 0 Å². The molecule has 0 aliphatic carbocycles. The van der Waals surface area contributed by atoms with Crippen LogP contribution in [-0.4, -0.2) is 4.57 Å². The minimum atomic E-state index is -2.34. The fourth-order valence-electron chi connectivity index (χ4n) is 3.41. The van der Waals surface area contributed by atoms with E-state index < -0.39 is 82.4 Å². The van der Waals surface area contributed by atoms with E-state index >= 15 is 0 Å². The van der Waals surface area contributed by atoms with Gasteiger partial charge in [0.15, 0.2) is 57.6 Å². The molecule has 0 aliphatic heterocycles. The van der Waals surface area contributed by atoms with Gasteiger partial charge in [0.1, 0.15) is 13.1 Å². The van der Waals surface area contributed by atoms with Crippen LogP contribution in [0.2, 0.25) is 0 Å². The van der Waals surface area contributed by atoms with Crippen LogP contribution in [0.15, 0.2) is 30.6 Å². The van der Waals surface area contributed by atoms with Crippen LogP contribution in [0.25, 0.3) is 11.0 Å². The van der Waals surface area contributed by atoms with Gasteiger partial charge in [0.25, 0.3) is 0 Å². The van der Waals surface area contributed by atoms with Crippen LogP contribution in [-0.2, 0) is 13.1 Å². The van der Waals surface area contributed by atoms with Gasteiger partial charge in [-0.3, -0.25) is 0 Å². The van der Waals surface area contributed by atoms with Gasteiger partial charge in [0, 0.05) is 0 Å². The van der Waals surface area contributed by atoms with E-state index in [1.54, 1.807) is 0 Å². The molecule has 0 aliphatic rings. The van der Waals surface area contributed by atoms with Crippen molar-refractivity contribution in [1.82, 2.24) is 4.57 Å². The second-order valence-corrected chi connectivity index (χ2v) is 6.96. The Labute approximate surface area is 177 Å². The van der Waals surface area contributed by atoms with E-state index in [9.17, 15) is 43.9 Å². The highest BCUT2D eigenvalue weighted by atomic mass is 19.2. The molecule has 1 heterocycles. The standard InChI is InChI=1S/C21H9F10N2/c22-12-8(13(23)17(27)20(30)16(12)26)5-32-7-33(11-4-2-1-3-10(11)32)6-9-14(24)18(28)21(31)19(29)15(9)25/h1-4,7H,5-6H2/q+1. The Balaban J connectivity index is 1.86. The number of imidazole rings is 1. The summed E-state index contributed by atoms with van der Waals surface area (Å²) in [5, 5.41) is 0. The van der Waals surface area contributed by atoms with Crippen molar-refractivity contribution in [2.45, 2.75) is 13.1 Å². The van der Waals surface area contributed by atoms with Gasteiger partial charge < -0.3 is 0 Å². The molecule has 2 nitrogen and oxygen atoms in total. The summed E-state index contributed by atoms with van der Waals surface area (Å²) >= 11 is 0. The molecule has 4 aromatic rings. The normalized spacial score (nSPS) is 11.6. The molecule has 0 saturated heterocycles. The van der Waals surface area contributed by atoms with Crippen molar-refractivity contribution < 1.29 is 48.5 Å². The van der Waals surface area contributed by atoms with Crippen LogP contribution in [0.1, 0.15) is 11.1 Å². The molecule has 0 spiro atoms. The molecule has 33 heavy (non-hydrogen) atoms. The molecule has 0 atom stereocenters. The number of nitrogens with zero attached hydrogens (tertiary/aromatic N) is 2. The van der Waals surface area contributed by atoms with Crippen molar-refractivity contribution in [1.29, 1.82) is 0 Å². The second-order valence-electron chi connectivity index (χ2n) is 6.96. The lowest BCUT2D eigenvalue weighted by Gasteiger charge is -2.07. The third-order valence-electron chi connectivity index (χ3n) is 5.04. The molecule has 12 heteroatoms. The van der Waals surface area contributed by atoms with Crippen LogP contribution in [0.4, 0.5) is 43.9 Å². The van der Waals surface area contributed by atoms with E-state index in [0.29, 0.717) is 0 Å². The van der Waals surface area contributed by atoms with Crippen LogP contribution in [0.5, 0.6) is 0 Å². The predicted molar refractivity (Wildman–Crippen MR) is 92.8 cm³/mol. The number of para-hydroxylation sites is 2. The quantitative estimate of drug-likeness (QED) is 0.160. The maximum Gasteiger partial charge on any atom is 0.245 e. The van der Waals surface area contributed by atoms with Crippen LogP contribution >= 0.6 is 0 Å². The first-order chi connectivity index (χ1) is 15.5. The lowest BCUT2D eigenvalue weighted by Crippen LogP contribution is -2.34. The van der Waals surface area contributed by atoms with E-state index in [2.05, 4.69) is 0 Å². The monoisotopic (exact) mass is 479 g/mol. The molecule has 1 aromatic heterocycles. The first-order valence-corrected chi connectivity index (χ1v) is 9.02. The Morgan fingerprint density at radius 1 is 0.545 bits per heavy atom. The maximum absolute atomic E-state index is 14.1. The molecule has 172 valence electrons. The summed E-state index contributed by atoms with van der Waals surface area (Å²) in [7, 11) is 0. The molecule has 0 fully saturated rings. The molecule has 0 amide bonds. The summed E-state index contributed by atoms with van der Waals surface area (Å²) in [4.78, 5) is 0. The minimum Gasteiger partial charge on any atom is -0.225 e. The van der Waals surface area contributed by atoms with Gasteiger partial charge in [-0.2, -0.15) is 0 Å². The first-order valence-electron chi connectivity index (χ1n) is 9.02. The van der Waals surface area contributed by atoms with Crippen LogP contribution in [0, 0.1) is 58.2 Å². The van der Waals surface area contributed by atoms with Gasteiger partial charge in [0.2, 0.25) is 18.0 Å². The summed E-state index contributed by atoms with van der Waals surface area (Å²) in [6.07, 6.45) is 0.987. The Morgan fingerprint density at radius 2 is 0.970 bits per heavy atom. The van der Waals surface area contributed by atoms with Crippen molar-refractivity contribution in [3.63, 3.8) is 0 Å². The average Bonchev–Trinajstić information content (AvgIpc) is 3.16. The largest absolute Gasteiger partial charge is 0.245 e. The number of fused-ring (bicyclic) bond motifs is 1.